The predicted molar refractivity (Wildman–Crippen MR) is 140 cm³/mol. The maximum atomic E-state index is 12.9. The molecule has 12 heteroatoms. The maximum absolute atomic E-state index is 12.9. The van der Waals surface area contributed by atoms with E-state index in [1.807, 2.05) is 18.2 Å². The van der Waals surface area contributed by atoms with Crippen LogP contribution in [0.5, 0.6) is 0 Å². The molecule has 1 fully saturated rings. The fourth-order valence-electron chi connectivity index (χ4n) is 3.67. The van der Waals surface area contributed by atoms with Gasteiger partial charge in [-0.3, -0.25) is 15.3 Å². The lowest BCUT2D eigenvalue weighted by atomic mass is 10.0. The van der Waals surface area contributed by atoms with Gasteiger partial charge in [-0.2, -0.15) is 13.2 Å². The molecule has 5 N–H and O–H groups in total. The number of alkyl halides is 3. The van der Waals surface area contributed by atoms with Crippen molar-refractivity contribution in [1.29, 1.82) is 5.41 Å². The molecule has 0 unspecified atom stereocenters. The SMILES string of the molecule is N=C(c1ccc(Cl)cc1)N(CCC(F)(F)F)C(=O)NC/C(N)=C1\CCNCC1=NCc1ccccc1Cl. The lowest BCUT2D eigenvalue weighted by Crippen LogP contribution is -2.46. The Morgan fingerprint density at radius 2 is 1.86 bits per heavy atom. The van der Waals surface area contributed by atoms with Crippen LogP contribution in [0.15, 0.2) is 64.8 Å². The summed E-state index contributed by atoms with van der Waals surface area (Å²) in [6.45, 7) is 0.655. The number of hydrogen-bond acceptors (Lipinski definition) is 5. The number of rotatable bonds is 7. The van der Waals surface area contributed by atoms with E-state index in [1.165, 1.54) is 24.3 Å². The summed E-state index contributed by atoms with van der Waals surface area (Å²) in [5.74, 6) is -0.381. The third-order valence-electron chi connectivity index (χ3n) is 5.66. The molecule has 2 aromatic carbocycles. The Morgan fingerprint density at radius 1 is 1.16 bits per heavy atom. The number of aliphatic imine (C=N–C) groups is 1. The van der Waals surface area contributed by atoms with Crippen LogP contribution in [0.3, 0.4) is 0 Å². The lowest BCUT2D eigenvalue weighted by molar-refractivity contribution is -0.135. The van der Waals surface area contributed by atoms with Crippen LogP contribution in [0.2, 0.25) is 10.0 Å². The minimum absolute atomic E-state index is 0.115. The van der Waals surface area contributed by atoms with Gasteiger partial charge in [0.15, 0.2) is 0 Å². The quantitative estimate of drug-likeness (QED) is 0.281. The van der Waals surface area contributed by atoms with Crippen LogP contribution in [0.4, 0.5) is 18.0 Å². The number of nitrogens with zero attached hydrogens (tertiary/aromatic N) is 2. The first-order valence-electron chi connectivity index (χ1n) is 11.5. The molecule has 0 bridgehead atoms. The number of nitrogens with one attached hydrogen (secondary N) is 3. The van der Waals surface area contributed by atoms with Gasteiger partial charge in [-0.05, 0) is 54.4 Å². The Bertz CT molecular complexity index is 1180. The fraction of sp³-hybridized carbons (Fsp3) is 0.320. The summed E-state index contributed by atoms with van der Waals surface area (Å²) in [5.41, 5.74) is 9.24. The first kappa shape index (κ1) is 28.5. The summed E-state index contributed by atoms with van der Waals surface area (Å²) >= 11 is 12.1. The van der Waals surface area contributed by atoms with Crippen LogP contribution in [0.25, 0.3) is 0 Å². The Kier molecular flexibility index (Phi) is 9.96. The van der Waals surface area contributed by atoms with Gasteiger partial charge < -0.3 is 16.4 Å². The number of urea groups is 1. The van der Waals surface area contributed by atoms with E-state index in [4.69, 9.17) is 34.3 Å². The molecule has 1 heterocycles. The number of piperidine rings is 1. The Morgan fingerprint density at radius 3 is 2.54 bits per heavy atom. The van der Waals surface area contributed by atoms with Crippen LogP contribution in [-0.2, 0) is 6.54 Å². The summed E-state index contributed by atoms with van der Waals surface area (Å²) in [6.07, 6.45) is -5.19. The van der Waals surface area contributed by atoms with E-state index in [0.29, 0.717) is 41.8 Å². The molecule has 0 radical (unpaired) electrons. The number of hydrogen-bond donors (Lipinski definition) is 4. The van der Waals surface area contributed by atoms with Crippen molar-refractivity contribution in [1.82, 2.24) is 15.5 Å². The number of benzene rings is 2. The summed E-state index contributed by atoms with van der Waals surface area (Å²) in [5, 5.41) is 15.1. The molecular weight excluding hydrogens is 528 g/mol. The second-order valence-corrected chi connectivity index (χ2v) is 9.16. The van der Waals surface area contributed by atoms with Crippen molar-refractivity contribution < 1.29 is 18.0 Å². The molecule has 198 valence electrons. The highest BCUT2D eigenvalue weighted by Crippen LogP contribution is 2.21. The van der Waals surface area contributed by atoms with Crippen molar-refractivity contribution in [3.8, 4) is 0 Å². The largest absolute Gasteiger partial charge is 0.400 e. The van der Waals surface area contributed by atoms with Crippen LogP contribution in [0, 0.1) is 5.41 Å². The van der Waals surface area contributed by atoms with Gasteiger partial charge in [-0.15, -0.1) is 0 Å². The van der Waals surface area contributed by atoms with Gasteiger partial charge in [-0.25, -0.2) is 4.79 Å². The second-order valence-electron chi connectivity index (χ2n) is 8.32. The molecular formula is C25H27Cl2F3N6O. The normalized spacial score (nSPS) is 16.4. The van der Waals surface area contributed by atoms with Gasteiger partial charge >= 0.3 is 12.2 Å². The smallest absolute Gasteiger partial charge is 0.390 e. The van der Waals surface area contributed by atoms with Crippen molar-refractivity contribution in [3.63, 3.8) is 0 Å². The zero-order valence-corrected chi connectivity index (χ0v) is 21.4. The highest BCUT2D eigenvalue weighted by Gasteiger charge is 2.31. The van der Waals surface area contributed by atoms with Gasteiger partial charge in [-0.1, -0.05) is 41.4 Å². The molecule has 0 aromatic heterocycles. The number of carbonyl (C=O) groups is 1. The standard InChI is InChI=1S/C25H27Cl2F3N6O/c26-18-7-5-16(6-8-18)23(32)36(12-10-25(28,29)30)24(37)35-14-21(31)19-9-11-33-15-22(19)34-13-17-3-1-2-4-20(17)27/h1-8,32-33H,9-15,31H2,(H,35,37)/b21-19-,32-23?,34-22?. The number of carbonyl (C=O) groups excluding carboxylic acids is 1. The molecule has 1 aliphatic heterocycles. The van der Waals surface area contributed by atoms with Crippen LogP contribution in [-0.4, -0.2) is 54.8 Å². The minimum Gasteiger partial charge on any atom is -0.400 e. The van der Waals surface area contributed by atoms with Crippen molar-refractivity contribution in [3.05, 3.63) is 81.0 Å². The van der Waals surface area contributed by atoms with Crippen LogP contribution in [0.1, 0.15) is 24.0 Å². The molecule has 2 amide bonds. The van der Waals surface area contributed by atoms with Crippen molar-refractivity contribution in [2.24, 2.45) is 10.7 Å². The molecule has 1 aliphatic rings. The summed E-state index contributed by atoms with van der Waals surface area (Å²) in [7, 11) is 0. The van der Waals surface area contributed by atoms with E-state index in [2.05, 4.69) is 15.6 Å². The second kappa shape index (κ2) is 12.9. The van der Waals surface area contributed by atoms with E-state index in [9.17, 15) is 18.0 Å². The first-order valence-corrected chi connectivity index (χ1v) is 12.2. The molecule has 0 spiro atoms. The monoisotopic (exact) mass is 554 g/mol. The van der Waals surface area contributed by atoms with Crippen molar-refractivity contribution in [2.45, 2.75) is 25.6 Å². The molecule has 0 atom stereocenters. The van der Waals surface area contributed by atoms with E-state index < -0.39 is 25.2 Å². The molecule has 0 aliphatic carbocycles. The average molecular weight is 555 g/mol. The topological polar surface area (TPSA) is 107 Å². The Labute approximate surface area is 223 Å². The summed E-state index contributed by atoms with van der Waals surface area (Å²) in [6, 6.07) is 12.4. The van der Waals surface area contributed by atoms with Crippen molar-refractivity contribution >= 4 is 40.8 Å². The van der Waals surface area contributed by atoms with Crippen LogP contribution >= 0.6 is 23.2 Å². The number of nitrogens with two attached hydrogens (primary N) is 1. The predicted octanol–water partition coefficient (Wildman–Crippen LogP) is 5.13. The third kappa shape index (κ3) is 8.48. The van der Waals surface area contributed by atoms with E-state index in [1.54, 1.807) is 6.07 Å². The number of halogens is 5. The van der Waals surface area contributed by atoms with Gasteiger partial charge in [0.1, 0.15) is 5.84 Å². The number of amides is 2. The average Bonchev–Trinajstić information content (AvgIpc) is 2.86. The van der Waals surface area contributed by atoms with Gasteiger partial charge in [0.2, 0.25) is 0 Å². The zero-order chi connectivity index (χ0) is 27.0. The van der Waals surface area contributed by atoms with Gasteiger partial charge in [0.05, 0.1) is 25.2 Å². The summed E-state index contributed by atoms with van der Waals surface area (Å²) in [4.78, 5) is 18.3. The third-order valence-corrected chi connectivity index (χ3v) is 6.28. The highest BCUT2D eigenvalue weighted by molar-refractivity contribution is 6.31. The maximum Gasteiger partial charge on any atom is 0.390 e. The lowest BCUT2D eigenvalue weighted by Gasteiger charge is -2.25. The van der Waals surface area contributed by atoms with Crippen LogP contribution < -0.4 is 16.4 Å². The van der Waals surface area contributed by atoms with E-state index >= 15 is 0 Å². The Hall–Kier alpha value is -3.08. The van der Waals surface area contributed by atoms with E-state index in [0.717, 1.165) is 21.7 Å². The van der Waals surface area contributed by atoms with Gasteiger partial charge in [0, 0.05) is 34.4 Å². The first-order chi connectivity index (χ1) is 17.5. The highest BCUT2D eigenvalue weighted by atomic mass is 35.5. The number of amidine groups is 1. The zero-order valence-electron chi connectivity index (χ0n) is 19.8. The van der Waals surface area contributed by atoms with E-state index in [-0.39, 0.29) is 17.9 Å². The molecule has 3 rings (SSSR count). The molecule has 1 saturated heterocycles. The summed E-state index contributed by atoms with van der Waals surface area (Å²) < 4.78 is 38.8. The minimum atomic E-state index is -4.50. The Balaban J connectivity index is 1.74. The van der Waals surface area contributed by atoms with Gasteiger partial charge in [0.25, 0.3) is 0 Å². The molecule has 2 aromatic rings. The fourth-order valence-corrected chi connectivity index (χ4v) is 3.99. The molecule has 37 heavy (non-hydrogen) atoms. The molecule has 0 saturated carbocycles. The molecule has 7 nitrogen and oxygen atoms in total. The van der Waals surface area contributed by atoms with Crippen molar-refractivity contribution in [2.75, 3.05) is 26.2 Å².